The van der Waals surface area contributed by atoms with Crippen LogP contribution in [0, 0.1) is 0 Å². The minimum Gasteiger partial charge on any atom is -0.368 e. The van der Waals surface area contributed by atoms with Gasteiger partial charge >= 0.3 is 0 Å². The molecule has 0 bridgehead atoms. The average molecular weight is 299 g/mol. The number of amides is 1. The van der Waals surface area contributed by atoms with E-state index in [0.717, 1.165) is 25.9 Å². The third-order valence-corrected chi connectivity index (χ3v) is 3.44. The van der Waals surface area contributed by atoms with Crippen molar-refractivity contribution in [3.05, 3.63) is 5.28 Å². The molecule has 0 atom stereocenters. The summed E-state index contributed by atoms with van der Waals surface area (Å²) in [5.74, 6) is 0.301. The monoisotopic (exact) mass is 298 g/mol. The second-order valence-corrected chi connectivity index (χ2v) is 5.73. The van der Waals surface area contributed by atoms with Crippen molar-refractivity contribution in [2.45, 2.75) is 38.6 Å². The molecule has 7 nitrogen and oxygen atoms in total. The molecule has 110 valence electrons. The van der Waals surface area contributed by atoms with Gasteiger partial charge in [0.1, 0.15) is 5.54 Å². The zero-order valence-corrected chi connectivity index (χ0v) is 12.4. The lowest BCUT2D eigenvalue weighted by Gasteiger charge is -2.27. The van der Waals surface area contributed by atoms with Crippen LogP contribution in [0.3, 0.4) is 0 Å². The summed E-state index contributed by atoms with van der Waals surface area (Å²) in [7, 11) is 0. The maximum atomic E-state index is 11.3. The largest absolute Gasteiger partial charge is 0.368 e. The summed E-state index contributed by atoms with van der Waals surface area (Å²) in [4.78, 5) is 25.9. The molecule has 1 fully saturated rings. The highest BCUT2D eigenvalue weighted by Gasteiger charge is 2.26. The average Bonchev–Trinajstić information content (AvgIpc) is 2.38. The quantitative estimate of drug-likeness (QED) is 0.866. The van der Waals surface area contributed by atoms with E-state index in [0.29, 0.717) is 5.95 Å². The van der Waals surface area contributed by atoms with Crippen LogP contribution in [0.4, 0.5) is 11.9 Å². The number of primary amides is 1. The number of anilines is 2. The normalized spacial score (nSPS) is 16.1. The molecular formula is C12H19ClN6O. The molecule has 1 saturated heterocycles. The first kappa shape index (κ1) is 14.8. The fourth-order valence-corrected chi connectivity index (χ4v) is 2.13. The Labute approximate surface area is 122 Å². The summed E-state index contributed by atoms with van der Waals surface area (Å²) < 4.78 is 0. The second kappa shape index (κ2) is 5.78. The SMILES string of the molecule is CC(C)(Nc1nc(Cl)nc(N2CCCCC2)n1)C(N)=O. The first-order chi connectivity index (χ1) is 9.38. The molecule has 20 heavy (non-hydrogen) atoms. The van der Waals surface area contributed by atoms with Crippen molar-refractivity contribution in [2.75, 3.05) is 23.3 Å². The van der Waals surface area contributed by atoms with E-state index in [9.17, 15) is 4.79 Å². The zero-order valence-electron chi connectivity index (χ0n) is 11.7. The maximum absolute atomic E-state index is 11.3. The van der Waals surface area contributed by atoms with Crippen molar-refractivity contribution in [3.8, 4) is 0 Å². The number of hydrogen-bond acceptors (Lipinski definition) is 6. The van der Waals surface area contributed by atoms with Crippen molar-refractivity contribution in [2.24, 2.45) is 5.73 Å². The van der Waals surface area contributed by atoms with Gasteiger partial charge in [-0.05, 0) is 44.7 Å². The third kappa shape index (κ3) is 3.47. The molecule has 2 heterocycles. The lowest BCUT2D eigenvalue weighted by atomic mass is 10.1. The molecule has 0 saturated carbocycles. The highest BCUT2D eigenvalue weighted by Crippen LogP contribution is 2.20. The molecule has 1 amide bonds. The molecule has 3 N–H and O–H groups in total. The van der Waals surface area contributed by atoms with Gasteiger partial charge in [-0.1, -0.05) is 0 Å². The van der Waals surface area contributed by atoms with Gasteiger partial charge in [-0.25, -0.2) is 0 Å². The summed E-state index contributed by atoms with van der Waals surface area (Å²) in [5.41, 5.74) is 4.37. The topological polar surface area (TPSA) is 97.0 Å². The van der Waals surface area contributed by atoms with Crippen molar-refractivity contribution >= 4 is 29.4 Å². The van der Waals surface area contributed by atoms with E-state index < -0.39 is 11.4 Å². The van der Waals surface area contributed by atoms with Crippen LogP contribution >= 0.6 is 11.6 Å². The molecule has 1 aliphatic heterocycles. The van der Waals surface area contributed by atoms with Crippen LogP contribution < -0.4 is 16.0 Å². The van der Waals surface area contributed by atoms with E-state index in [1.54, 1.807) is 13.8 Å². The summed E-state index contributed by atoms with van der Waals surface area (Å²) in [6.45, 7) is 5.12. The summed E-state index contributed by atoms with van der Waals surface area (Å²) >= 11 is 5.93. The van der Waals surface area contributed by atoms with Crippen LogP contribution in [0.1, 0.15) is 33.1 Å². The number of carbonyl (C=O) groups is 1. The Morgan fingerprint density at radius 1 is 1.25 bits per heavy atom. The number of rotatable bonds is 4. The van der Waals surface area contributed by atoms with Crippen molar-refractivity contribution in [1.29, 1.82) is 0 Å². The first-order valence-corrected chi connectivity index (χ1v) is 7.01. The molecule has 0 aliphatic carbocycles. The van der Waals surface area contributed by atoms with Gasteiger partial charge in [0.05, 0.1) is 0 Å². The van der Waals surface area contributed by atoms with E-state index >= 15 is 0 Å². The molecule has 0 unspecified atom stereocenters. The van der Waals surface area contributed by atoms with E-state index in [1.807, 2.05) is 0 Å². The lowest BCUT2D eigenvalue weighted by Crippen LogP contribution is -2.45. The Kier molecular flexibility index (Phi) is 4.27. The van der Waals surface area contributed by atoms with Gasteiger partial charge in [0, 0.05) is 13.1 Å². The Bertz CT molecular complexity index is 501. The fourth-order valence-electron chi connectivity index (χ4n) is 1.97. The minimum absolute atomic E-state index is 0.100. The number of hydrogen-bond donors (Lipinski definition) is 2. The number of piperidine rings is 1. The summed E-state index contributed by atoms with van der Waals surface area (Å²) in [6, 6.07) is 0. The van der Waals surface area contributed by atoms with Gasteiger partial charge in [0.15, 0.2) is 0 Å². The van der Waals surface area contributed by atoms with Gasteiger partial charge < -0.3 is 16.0 Å². The van der Waals surface area contributed by atoms with E-state index in [-0.39, 0.29) is 11.2 Å². The maximum Gasteiger partial charge on any atom is 0.242 e. The van der Waals surface area contributed by atoms with Crippen LogP contribution in [-0.4, -0.2) is 39.5 Å². The van der Waals surface area contributed by atoms with Crippen LogP contribution in [0.2, 0.25) is 5.28 Å². The van der Waals surface area contributed by atoms with Gasteiger partial charge in [-0.2, -0.15) is 15.0 Å². The lowest BCUT2D eigenvalue weighted by molar-refractivity contribution is -0.121. The molecule has 8 heteroatoms. The van der Waals surface area contributed by atoms with Crippen LogP contribution in [0.15, 0.2) is 0 Å². The fraction of sp³-hybridized carbons (Fsp3) is 0.667. The van der Waals surface area contributed by atoms with Crippen LogP contribution in [0.25, 0.3) is 0 Å². The predicted octanol–water partition coefficient (Wildman–Crippen LogP) is 1.19. The number of nitrogens with zero attached hydrogens (tertiary/aromatic N) is 4. The molecule has 0 radical (unpaired) electrons. The molecule has 1 aromatic rings. The van der Waals surface area contributed by atoms with E-state index in [4.69, 9.17) is 17.3 Å². The molecule has 1 aliphatic rings. The Hall–Kier alpha value is -1.63. The second-order valence-electron chi connectivity index (χ2n) is 5.39. The van der Waals surface area contributed by atoms with Crippen LogP contribution in [-0.2, 0) is 4.79 Å². The zero-order chi connectivity index (χ0) is 14.8. The predicted molar refractivity (Wildman–Crippen MR) is 77.8 cm³/mol. The van der Waals surface area contributed by atoms with Crippen LogP contribution in [0.5, 0.6) is 0 Å². The molecule has 1 aromatic heterocycles. The Morgan fingerprint density at radius 3 is 2.50 bits per heavy atom. The number of nitrogens with two attached hydrogens (primary N) is 1. The first-order valence-electron chi connectivity index (χ1n) is 6.63. The third-order valence-electron chi connectivity index (χ3n) is 3.28. The summed E-state index contributed by atoms with van der Waals surface area (Å²) in [5, 5.41) is 2.99. The van der Waals surface area contributed by atoms with Gasteiger partial charge in [0.25, 0.3) is 0 Å². The molecule has 2 rings (SSSR count). The Balaban J connectivity index is 2.22. The Morgan fingerprint density at radius 2 is 1.90 bits per heavy atom. The molecular weight excluding hydrogens is 280 g/mol. The van der Waals surface area contributed by atoms with Gasteiger partial charge in [0.2, 0.25) is 23.1 Å². The number of aromatic nitrogens is 3. The van der Waals surface area contributed by atoms with Crippen molar-refractivity contribution in [3.63, 3.8) is 0 Å². The van der Waals surface area contributed by atoms with Gasteiger partial charge in [-0.3, -0.25) is 4.79 Å². The summed E-state index contributed by atoms with van der Waals surface area (Å²) in [6.07, 6.45) is 3.44. The standard InChI is InChI=1S/C12H19ClN6O/c1-12(2,8(14)20)18-10-15-9(13)16-11(17-10)19-6-4-3-5-7-19/h3-7H2,1-2H3,(H2,14,20)(H,15,16,17,18). The van der Waals surface area contributed by atoms with E-state index in [2.05, 4.69) is 25.2 Å². The molecule has 0 spiro atoms. The highest BCUT2D eigenvalue weighted by atomic mass is 35.5. The van der Waals surface area contributed by atoms with Gasteiger partial charge in [-0.15, -0.1) is 0 Å². The van der Waals surface area contributed by atoms with Crippen molar-refractivity contribution < 1.29 is 4.79 Å². The minimum atomic E-state index is -0.955. The van der Waals surface area contributed by atoms with E-state index in [1.165, 1.54) is 6.42 Å². The number of halogens is 1. The molecule has 0 aromatic carbocycles. The van der Waals surface area contributed by atoms with Crippen molar-refractivity contribution in [1.82, 2.24) is 15.0 Å². The highest BCUT2D eigenvalue weighted by molar-refractivity contribution is 6.28. The number of nitrogens with one attached hydrogen (secondary N) is 1. The number of carbonyl (C=O) groups excluding carboxylic acids is 1. The smallest absolute Gasteiger partial charge is 0.242 e.